The predicted octanol–water partition coefficient (Wildman–Crippen LogP) is 3.90. The number of nitrogens with one attached hydrogen (secondary N) is 1. The third kappa shape index (κ3) is 4.18. The van der Waals surface area contributed by atoms with Crippen molar-refractivity contribution in [3.05, 3.63) is 34.6 Å². The van der Waals surface area contributed by atoms with Crippen molar-refractivity contribution in [1.29, 1.82) is 0 Å². The first-order valence-corrected chi connectivity index (χ1v) is 7.77. The molecule has 0 unspecified atom stereocenters. The fourth-order valence-corrected chi connectivity index (χ4v) is 3.09. The monoisotopic (exact) mass is 299 g/mol. The van der Waals surface area contributed by atoms with E-state index in [0.29, 0.717) is 13.1 Å². The second-order valence-corrected chi connectivity index (χ2v) is 6.34. The summed E-state index contributed by atoms with van der Waals surface area (Å²) in [6.07, 6.45) is 5.15. The highest BCUT2D eigenvalue weighted by Crippen LogP contribution is 2.33. The van der Waals surface area contributed by atoms with Gasteiger partial charge < -0.3 is 10.4 Å². The topological polar surface area (TPSA) is 32.3 Å². The minimum absolute atomic E-state index is 0.145. The molecule has 2 N–H and O–H groups in total. The van der Waals surface area contributed by atoms with Gasteiger partial charge in [-0.2, -0.15) is 0 Å². The van der Waals surface area contributed by atoms with Crippen LogP contribution in [0.15, 0.2) is 18.2 Å². The van der Waals surface area contributed by atoms with Gasteiger partial charge in [-0.15, -0.1) is 0 Å². The third-order valence-electron chi connectivity index (χ3n) is 4.38. The van der Waals surface area contributed by atoms with E-state index in [1.54, 1.807) is 12.1 Å². The summed E-state index contributed by atoms with van der Waals surface area (Å²) in [7, 11) is 0. The van der Waals surface area contributed by atoms with E-state index in [9.17, 15) is 9.50 Å². The molecule has 20 heavy (non-hydrogen) atoms. The Balaban J connectivity index is 1.79. The minimum atomic E-state index is -0.588. The molecule has 1 aliphatic rings. The van der Waals surface area contributed by atoms with Gasteiger partial charge in [0.05, 0.1) is 10.6 Å². The van der Waals surface area contributed by atoms with E-state index in [1.807, 2.05) is 0 Å². The normalized spacial score (nSPS) is 26.7. The Labute approximate surface area is 125 Å². The third-order valence-corrected chi connectivity index (χ3v) is 4.67. The van der Waals surface area contributed by atoms with Crippen molar-refractivity contribution in [2.75, 3.05) is 6.54 Å². The van der Waals surface area contributed by atoms with Crippen LogP contribution < -0.4 is 5.32 Å². The van der Waals surface area contributed by atoms with Crippen LogP contribution in [0.25, 0.3) is 0 Å². The van der Waals surface area contributed by atoms with Gasteiger partial charge in [0.2, 0.25) is 0 Å². The molecule has 0 amide bonds. The summed E-state index contributed by atoms with van der Waals surface area (Å²) < 4.78 is 13.1. The Kier molecular flexibility index (Phi) is 5.42. The molecule has 0 saturated heterocycles. The first kappa shape index (κ1) is 15.7. The van der Waals surface area contributed by atoms with Gasteiger partial charge >= 0.3 is 0 Å². The van der Waals surface area contributed by atoms with E-state index >= 15 is 0 Å². The number of benzene rings is 1. The zero-order valence-corrected chi connectivity index (χ0v) is 12.7. The molecule has 2 rings (SSSR count). The molecule has 1 saturated carbocycles. The van der Waals surface area contributed by atoms with Crippen LogP contribution in [-0.4, -0.2) is 17.3 Å². The second kappa shape index (κ2) is 6.88. The van der Waals surface area contributed by atoms with E-state index < -0.39 is 11.4 Å². The molecular formula is C16H23ClFNO. The van der Waals surface area contributed by atoms with Crippen LogP contribution >= 0.6 is 11.6 Å². The van der Waals surface area contributed by atoms with E-state index in [-0.39, 0.29) is 5.02 Å². The Morgan fingerprint density at radius 2 is 2.10 bits per heavy atom. The molecule has 1 fully saturated rings. The summed E-state index contributed by atoms with van der Waals surface area (Å²) in [6.45, 7) is 3.39. The average molecular weight is 300 g/mol. The highest BCUT2D eigenvalue weighted by molar-refractivity contribution is 6.30. The summed E-state index contributed by atoms with van der Waals surface area (Å²) >= 11 is 5.75. The summed E-state index contributed by atoms with van der Waals surface area (Å²) in [5.41, 5.74) is 0.345. The Morgan fingerprint density at radius 1 is 1.40 bits per heavy atom. The van der Waals surface area contributed by atoms with Crippen molar-refractivity contribution in [3.8, 4) is 0 Å². The minimum Gasteiger partial charge on any atom is -0.389 e. The van der Waals surface area contributed by atoms with Crippen LogP contribution in [0, 0.1) is 11.7 Å². The summed E-state index contributed by atoms with van der Waals surface area (Å²) in [5, 5.41) is 13.9. The van der Waals surface area contributed by atoms with Crippen LogP contribution in [0.4, 0.5) is 4.39 Å². The lowest BCUT2D eigenvalue weighted by Crippen LogP contribution is -2.43. The van der Waals surface area contributed by atoms with Crippen molar-refractivity contribution in [2.24, 2.45) is 5.92 Å². The maximum Gasteiger partial charge on any atom is 0.141 e. The van der Waals surface area contributed by atoms with Gasteiger partial charge in [-0.25, -0.2) is 4.39 Å². The van der Waals surface area contributed by atoms with Gasteiger partial charge in [0.15, 0.2) is 0 Å². The molecule has 2 nitrogen and oxygen atoms in total. The zero-order valence-electron chi connectivity index (χ0n) is 12.0. The van der Waals surface area contributed by atoms with Crippen molar-refractivity contribution in [3.63, 3.8) is 0 Å². The lowest BCUT2D eigenvalue weighted by atomic mass is 9.78. The van der Waals surface area contributed by atoms with Gasteiger partial charge in [-0.1, -0.05) is 31.0 Å². The second-order valence-electron chi connectivity index (χ2n) is 5.93. The maximum absolute atomic E-state index is 13.1. The Bertz CT molecular complexity index is 444. The lowest BCUT2D eigenvalue weighted by Gasteiger charge is -2.36. The highest BCUT2D eigenvalue weighted by atomic mass is 35.5. The molecule has 1 aromatic rings. The van der Waals surface area contributed by atoms with Crippen molar-refractivity contribution >= 4 is 11.6 Å². The van der Waals surface area contributed by atoms with E-state index in [4.69, 9.17) is 11.6 Å². The molecule has 0 radical (unpaired) electrons. The van der Waals surface area contributed by atoms with Gasteiger partial charge in [-0.05, 0) is 49.3 Å². The number of hydrogen-bond donors (Lipinski definition) is 2. The lowest BCUT2D eigenvalue weighted by molar-refractivity contribution is -0.00881. The molecule has 0 atom stereocenters. The largest absolute Gasteiger partial charge is 0.389 e. The first-order valence-electron chi connectivity index (χ1n) is 7.39. The highest BCUT2D eigenvalue weighted by Gasteiger charge is 2.31. The smallest absolute Gasteiger partial charge is 0.141 e. The molecule has 1 aliphatic carbocycles. The fourth-order valence-electron chi connectivity index (χ4n) is 2.89. The summed E-state index contributed by atoms with van der Waals surface area (Å²) in [6, 6.07) is 4.72. The fraction of sp³-hybridized carbons (Fsp3) is 0.625. The number of hydrogen-bond acceptors (Lipinski definition) is 2. The van der Waals surface area contributed by atoms with Gasteiger partial charge in [-0.3, -0.25) is 0 Å². The van der Waals surface area contributed by atoms with Crippen molar-refractivity contribution in [1.82, 2.24) is 5.32 Å². The molecule has 1 aromatic carbocycles. The number of rotatable bonds is 5. The van der Waals surface area contributed by atoms with E-state index in [1.165, 1.54) is 12.5 Å². The van der Waals surface area contributed by atoms with Gasteiger partial charge in [0, 0.05) is 13.1 Å². The number of aliphatic hydroxyl groups is 1. The molecule has 4 heteroatoms. The van der Waals surface area contributed by atoms with Gasteiger partial charge in [0.1, 0.15) is 5.82 Å². The van der Waals surface area contributed by atoms with Crippen LogP contribution in [0.5, 0.6) is 0 Å². The van der Waals surface area contributed by atoms with Crippen LogP contribution in [-0.2, 0) is 6.54 Å². The van der Waals surface area contributed by atoms with Crippen molar-refractivity contribution < 1.29 is 9.50 Å². The average Bonchev–Trinajstić information content (AvgIpc) is 2.44. The SMILES string of the molecule is CCC1CCC(O)(CNCc2ccc(F)c(Cl)c2)CC1. The molecule has 0 heterocycles. The Hall–Kier alpha value is -0.640. The molecular weight excluding hydrogens is 277 g/mol. The molecule has 0 aliphatic heterocycles. The molecule has 0 bridgehead atoms. The van der Waals surface area contributed by atoms with E-state index in [2.05, 4.69) is 12.2 Å². The summed E-state index contributed by atoms with van der Waals surface area (Å²) in [4.78, 5) is 0. The standard InChI is InChI=1S/C16H23ClFNO/c1-2-12-5-7-16(20,8-6-12)11-19-10-13-3-4-15(18)14(17)9-13/h3-4,9,12,19-20H,2,5-8,10-11H2,1H3. The Morgan fingerprint density at radius 3 is 2.70 bits per heavy atom. The summed E-state index contributed by atoms with van der Waals surface area (Å²) in [5.74, 6) is 0.373. The van der Waals surface area contributed by atoms with Gasteiger partial charge in [0.25, 0.3) is 0 Å². The zero-order chi connectivity index (χ0) is 14.6. The first-order chi connectivity index (χ1) is 9.52. The van der Waals surface area contributed by atoms with Crippen LogP contribution in [0.2, 0.25) is 5.02 Å². The molecule has 112 valence electrons. The quantitative estimate of drug-likeness (QED) is 0.864. The molecule has 0 aromatic heterocycles. The van der Waals surface area contributed by atoms with Crippen molar-refractivity contribution in [2.45, 2.75) is 51.2 Å². The van der Waals surface area contributed by atoms with E-state index in [0.717, 1.165) is 37.2 Å². The molecule has 0 spiro atoms. The van der Waals surface area contributed by atoms with Crippen LogP contribution in [0.1, 0.15) is 44.6 Å². The predicted molar refractivity (Wildman–Crippen MR) is 80.3 cm³/mol. The number of halogens is 2. The van der Waals surface area contributed by atoms with Crippen LogP contribution in [0.3, 0.4) is 0 Å². The maximum atomic E-state index is 13.1.